The van der Waals surface area contributed by atoms with E-state index in [1.807, 2.05) is 26.0 Å². The van der Waals surface area contributed by atoms with Crippen molar-refractivity contribution >= 4 is 41.2 Å². The van der Waals surface area contributed by atoms with Crippen LogP contribution in [0.1, 0.15) is 37.7 Å². The zero-order valence-electron chi connectivity index (χ0n) is 15.6. The van der Waals surface area contributed by atoms with Crippen LogP contribution in [0.4, 0.5) is 0 Å². The fraction of sp³-hybridized carbons (Fsp3) is 0.150. The molecule has 0 radical (unpaired) electrons. The molecule has 148 valence electrons. The molecule has 7 nitrogen and oxygen atoms in total. The van der Waals surface area contributed by atoms with Gasteiger partial charge in [-0.05, 0) is 38.1 Å². The molecule has 0 spiro atoms. The summed E-state index contributed by atoms with van der Waals surface area (Å²) in [7, 11) is 0. The number of aliphatic imine (C=N–C) groups is 1. The number of aryl methyl sites for hydroxylation is 2. The second kappa shape index (κ2) is 8.55. The third-order valence-corrected chi connectivity index (χ3v) is 4.91. The summed E-state index contributed by atoms with van der Waals surface area (Å²) >= 11 is 11.9. The Balaban J connectivity index is 1.91. The van der Waals surface area contributed by atoms with Crippen LogP contribution in [0.3, 0.4) is 0 Å². The summed E-state index contributed by atoms with van der Waals surface area (Å²) < 4.78 is 1.80. The lowest BCUT2D eigenvalue weighted by Crippen LogP contribution is -2.11. The molecule has 1 N–H and O–H groups in total. The van der Waals surface area contributed by atoms with Gasteiger partial charge in [-0.2, -0.15) is 0 Å². The van der Waals surface area contributed by atoms with Gasteiger partial charge in [0.1, 0.15) is 23.2 Å². The van der Waals surface area contributed by atoms with Gasteiger partial charge < -0.3 is 9.67 Å². The van der Waals surface area contributed by atoms with E-state index in [9.17, 15) is 14.7 Å². The van der Waals surface area contributed by atoms with Gasteiger partial charge in [0, 0.05) is 23.2 Å². The van der Waals surface area contributed by atoms with E-state index in [2.05, 4.69) is 15.0 Å². The summed E-state index contributed by atoms with van der Waals surface area (Å²) in [5.41, 5.74) is 2.92. The van der Waals surface area contributed by atoms with Crippen LogP contribution in [-0.4, -0.2) is 44.2 Å². The number of hydrogen-bond donors (Lipinski definition) is 1. The Bertz CT molecular complexity index is 1100. The molecule has 0 amide bonds. The number of carbonyl (C=O) groups is 2. The van der Waals surface area contributed by atoms with E-state index in [0.717, 1.165) is 11.4 Å². The number of nitrogens with zero attached hydrogens (tertiary/aromatic N) is 4. The first kappa shape index (κ1) is 20.7. The molecule has 0 aliphatic rings. The molecule has 3 rings (SSSR count). The fourth-order valence-corrected chi connectivity index (χ4v) is 3.30. The molecule has 1 aromatic carbocycles. The minimum Gasteiger partial charge on any atom is -0.478 e. The number of hydrogen-bond acceptors (Lipinski definition) is 5. The van der Waals surface area contributed by atoms with E-state index >= 15 is 0 Å². The molecular weight excluding hydrogens is 415 g/mol. The summed E-state index contributed by atoms with van der Waals surface area (Å²) in [6.45, 7) is 3.57. The van der Waals surface area contributed by atoms with Crippen LogP contribution in [0.15, 0.2) is 41.7 Å². The number of halogens is 2. The van der Waals surface area contributed by atoms with Crippen LogP contribution in [-0.2, 0) is 0 Å². The standard InChI is InChI=1S/C20H16Cl2N4O3/c1-11-3-4-12(2)26(11)16-7-13(5-6-14(16)20(28)29)17(27)9-23-8-15-18(21)24-10-25-19(15)22/h3-8,10H,9H2,1-2H3,(H,28,29). The number of carboxylic acid groups (broad SMARTS) is 1. The zero-order valence-corrected chi connectivity index (χ0v) is 17.1. The lowest BCUT2D eigenvalue weighted by atomic mass is 10.0. The highest BCUT2D eigenvalue weighted by Gasteiger charge is 2.17. The van der Waals surface area contributed by atoms with Crippen molar-refractivity contribution in [3.63, 3.8) is 0 Å². The van der Waals surface area contributed by atoms with E-state index in [1.54, 1.807) is 10.6 Å². The van der Waals surface area contributed by atoms with Crippen LogP contribution in [0.5, 0.6) is 0 Å². The SMILES string of the molecule is Cc1ccc(C)n1-c1cc(C(=O)CN=Cc2c(Cl)ncnc2Cl)ccc1C(=O)O. The van der Waals surface area contributed by atoms with Crippen LogP contribution >= 0.6 is 23.2 Å². The Morgan fingerprint density at radius 2 is 1.72 bits per heavy atom. The first-order valence-electron chi connectivity index (χ1n) is 8.51. The van der Waals surface area contributed by atoms with Gasteiger partial charge >= 0.3 is 5.97 Å². The topological polar surface area (TPSA) is 97.4 Å². The summed E-state index contributed by atoms with van der Waals surface area (Å²) in [5.74, 6) is -1.36. The largest absolute Gasteiger partial charge is 0.478 e. The number of carbonyl (C=O) groups excluding carboxylic acids is 1. The highest BCUT2D eigenvalue weighted by molar-refractivity contribution is 6.37. The molecule has 29 heavy (non-hydrogen) atoms. The molecule has 0 aliphatic heterocycles. The quantitative estimate of drug-likeness (QED) is 0.359. The van der Waals surface area contributed by atoms with Crippen LogP contribution in [0, 0.1) is 13.8 Å². The Morgan fingerprint density at radius 3 is 2.31 bits per heavy atom. The minimum absolute atomic E-state index is 0.104. The molecular formula is C20H16Cl2N4O3. The Labute approximate surface area is 176 Å². The van der Waals surface area contributed by atoms with Crippen molar-refractivity contribution in [1.29, 1.82) is 0 Å². The highest BCUT2D eigenvalue weighted by Crippen LogP contribution is 2.23. The first-order chi connectivity index (χ1) is 13.8. The molecule has 2 heterocycles. The maximum absolute atomic E-state index is 12.6. The lowest BCUT2D eigenvalue weighted by Gasteiger charge is -2.14. The summed E-state index contributed by atoms with van der Waals surface area (Å²) in [6.07, 6.45) is 2.57. The first-order valence-corrected chi connectivity index (χ1v) is 9.27. The molecule has 0 saturated carbocycles. The van der Waals surface area contributed by atoms with Crippen LogP contribution in [0.2, 0.25) is 10.3 Å². The number of rotatable bonds is 6. The second-order valence-electron chi connectivity index (χ2n) is 6.25. The lowest BCUT2D eigenvalue weighted by molar-refractivity contribution is 0.0696. The van der Waals surface area contributed by atoms with Gasteiger partial charge in [-0.1, -0.05) is 29.3 Å². The van der Waals surface area contributed by atoms with Crippen molar-refractivity contribution in [3.8, 4) is 5.69 Å². The van der Waals surface area contributed by atoms with Crippen LogP contribution in [0.25, 0.3) is 5.69 Å². The van der Waals surface area contributed by atoms with Crippen molar-refractivity contribution in [2.45, 2.75) is 13.8 Å². The summed E-state index contributed by atoms with van der Waals surface area (Å²) in [6, 6.07) is 8.23. The second-order valence-corrected chi connectivity index (χ2v) is 6.97. The average molecular weight is 431 g/mol. The smallest absolute Gasteiger partial charge is 0.337 e. The van der Waals surface area contributed by atoms with E-state index in [0.29, 0.717) is 16.8 Å². The van der Waals surface area contributed by atoms with Crippen LogP contribution < -0.4 is 0 Å². The Kier molecular flexibility index (Phi) is 6.10. The average Bonchev–Trinajstić information content (AvgIpc) is 3.01. The van der Waals surface area contributed by atoms with Gasteiger partial charge in [0.15, 0.2) is 5.78 Å². The number of Topliss-reactive ketones (excluding diaryl/α,β-unsaturated/α-hetero) is 1. The number of aromatic nitrogens is 3. The third-order valence-electron chi connectivity index (χ3n) is 4.30. The van der Waals surface area contributed by atoms with Crippen molar-refractivity contribution in [2.75, 3.05) is 6.54 Å². The van der Waals surface area contributed by atoms with E-state index in [1.165, 1.54) is 24.7 Å². The number of carboxylic acids is 1. The Hall–Kier alpha value is -3.03. The maximum Gasteiger partial charge on any atom is 0.337 e. The molecule has 0 atom stereocenters. The van der Waals surface area contributed by atoms with Gasteiger partial charge in [-0.25, -0.2) is 14.8 Å². The van der Waals surface area contributed by atoms with Crippen molar-refractivity contribution in [1.82, 2.24) is 14.5 Å². The summed E-state index contributed by atoms with van der Waals surface area (Å²) in [4.78, 5) is 36.0. The van der Waals surface area contributed by atoms with Crippen molar-refractivity contribution < 1.29 is 14.7 Å². The molecule has 0 aliphatic carbocycles. The van der Waals surface area contributed by atoms with Gasteiger partial charge in [0.25, 0.3) is 0 Å². The maximum atomic E-state index is 12.6. The molecule has 0 unspecified atom stereocenters. The predicted octanol–water partition coefficient (Wildman–Crippen LogP) is 4.19. The Morgan fingerprint density at radius 1 is 1.10 bits per heavy atom. The molecule has 3 aromatic rings. The van der Waals surface area contributed by atoms with Crippen molar-refractivity contribution in [2.24, 2.45) is 4.99 Å². The summed E-state index contributed by atoms with van der Waals surface area (Å²) in [5, 5.41) is 9.80. The van der Waals surface area contributed by atoms with Gasteiger partial charge in [-0.3, -0.25) is 9.79 Å². The van der Waals surface area contributed by atoms with Crippen molar-refractivity contribution in [3.05, 3.63) is 75.0 Å². The molecule has 0 fully saturated rings. The number of benzene rings is 1. The van der Waals surface area contributed by atoms with Gasteiger partial charge in [0.2, 0.25) is 0 Å². The monoisotopic (exact) mass is 430 g/mol. The van der Waals surface area contributed by atoms with Gasteiger partial charge in [-0.15, -0.1) is 0 Å². The number of ketones is 1. The van der Waals surface area contributed by atoms with E-state index < -0.39 is 5.97 Å². The normalized spacial score (nSPS) is 11.2. The molecule has 0 saturated heterocycles. The third kappa shape index (κ3) is 4.36. The van der Waals surface area contributed by atoms with Gasteiger partial charge in [0.05, 0.1) is 16.8 Å². The molecule has 9 heteroatoms. The molecule has 2 aromatic heterocycles. The van der Waals surface area contributed by atoms with E-state index in [4.69, 9.17) is 23.2 Å². The number of aromatic carboxylic acids is 1. The molecule has 0 bridgehead atoms. The minimum atomic E-state index is -1.07. The zero-order chi connectivity index (χ0) is 21.1. The predicted molar refractivity (Wildman–Crippen MR) is 111 cm³/mol. The highest BCUT2D eigenvalue weighted by atomic mass is 35.5. The van der Waals surface area contributed by atoms with E-state index in [-0.39, 0.29) is 28.2 Å². The fourth-order valence-electron chi connectivity index (χ4n) is 2.89.